The number of halogens is 1. The molecule has 0 saturated carbocycles. The highest BCUT2D eigenvalue weighted by atomic mass is 19.1. The normalized spacial score (nSPS) is 11.4. The van der Waals surface area contributed by atoms with Crippen molar-refractivity contribution in [3.8, 4) is 0 Å². The predicted octanol–water partition coefficient (Wildman–Crippen LogP) is 5.59. The molecule has 0 atom stereocenters. The summed E-state index contributed by atoms with van der Waals surface area (Å²) in [6.07, 6.45) is 0.685. The summed E-state index contributed by atoms with van der Waals surface area (Å²) in [5, 5.41) is 1.48. The molecule has 2 aromatic heterocycles. The third kappa shape index (κ3) is 4.17. The average Bonchev–Trinajstić information content (AvgIpc) is 3.14. The van der Waals surface area contributed by atoms with Crippen LogP contribution in [-0.4, -0.2) is 34.3 Å². The van der Waals surface area contributed by atoms with Gasteiger partial charge in [-0.3, -0.25) is 4.79 Å². The average molecular weight is 461 g/mol. The number of benzene rings is 2. The van der Waals surface area contributed by atoms with Crippen molar-refractivity contribution >= 4 is 34.0 Å². The van der Waals surface area contributed by atoms with Crippen LogP contribution in [0, 0.1) is 5.82 Å². The Bertz CT molecular complexity index is 1420. The Morgan fingerprint density at radius 2 is 1.38 bits per heavy atom. The first-order valence-electron chi connectivity index (χ1n) is 11.0. The molecule has 2 heterocycles. The fourth-order valence-electron chi connectivity index (χ4n) is 3.92. The minimum absolute atomic E-state index is 0.0402. The molecule has 6 nitrogen and oxygen atoms in total. The Hall–Kier alpha value is -4.00. The molecule has 0 unspecified atom stereocenters. The number of pyridine rings is 1. The van der Waals surface area contributed by atoms with Gasteiger partial charge in [0.2, 0.25) is 5.78 Å². The van der Waals surface area contributed by atoms with Crippen LogP contribution in [0.4, 0.5) is 4.39 Å². The summed E-state index contributed by atoms with van der Waals surface area (Å²) in [5.74, 6) is -2.60. The number of fused-ring (bicyclic) bond motifs is 3. The Morgan fingerprint density at radius 3 is 2.00 bits per heavy atom. The number of hydrogen-bond donors (Lipinski definition) is 0. The largest absolute Gasteiger partial charge is 0.459 e. The number of aromatic nitrogens is 1. The number of hydrogen-bond acceptors (Lipinski definition) is 5. The van der Waals surface area contributed by atoms with E-state index in [-0.39, 0.29) is 22.4 Å². The van der Waals surface area contributed by atoms with Gasteiger partial charge in [0, 0.05) is 17.1 Å². The molecular formula is C27H24FNO5. The number of carbonyl (C=O) groups is 3. The lowest BCUT2D eigenvalue weighted by Crippen LogP contribution is -2.20. The summed E-state index contributed by atoms with van der Waals surface area (Å²) in [6.45, 7) is 6.75. The van der Waals surface area contributed by atoms with Crippen LogP contribution in [0.2, 0.25) is 0 Å². The van der Waals surface area contributed by atoms with Crippen molar-refractivity contribution < 1.29 is 28.2 Å². The third-order valence-corrected chi connectivity index (χ3v) is 5.24. The summed E-state index contributed by atoms with van der Waals surface area (Å²) >= 11 is 0. The van der Waals surface area contributed by atoms with Gasteiger partial charge < -0.3 is 13.9 Å². The number of ether oxygens (including phenoxy) is 2. The van der Waals surface area contributed by atoms with E-state index < -0.39 is 35.7 Å². The molecule has 0 aliphatic rings. The molecule has 0 radical (unpaired) electrons. The van der Waals surface area contributed by atoms with Crippen molar-refractivity contribution in [1.82, 2.24) is 4.40 Å². The molecule has 0 fully saturated rings. The van der Waals surface area contributed by atoms with Gasteiger partial charge in [-0.2, -0.15) is 0 Å². The van der Waals surface area contributed by atoms with Gasteiger partial charge in [0.25, 0.3) is 0 Å². The molecule has 0 N–H and O–H groups in total. The topological polar surface area (TPSA) is 74.1 Å². The Labute approximate surface area is 195 Å². The summed E-state index contributed by atoms with van der Waals surface area (Å²) in [5.41, 5.74) is 0.265. The van der Waals surface area contributed by atoms with Crippen LogP contribution >= 0.6 is 0 Å². The first-order chi connectivity index (χ1) is 16.2. The number of rotatable bonds is 6. The number of ketones is 1. The van der Waals surface area contributed by atoms with Gasteiger partial charge in [-0.25, -0.2) is 14.0 Å². The summed E-state index contributed by atoms with van der Waals surface area (Å²) < 4.78 is 26.0. The second kappa shape index (κ2) is 9.09. The molecule has 34 heavy (non-hydrogen) atoms. The van der Waals surface area contributed by atoms with Gasteiger partial charge in [-0.15, -0.1) is 0 Å². The third-order valence-electron chi connectivity index (χ3n) is 5.24. The molecule has 0 aliphatic carbocycles. The van der Waals surface area contributed by atoms with Gasteiger partial charge in [-0.1, -0.05) is 24.3 Å². The van der Waals surface area contributed by atoms with Gasteiger partial charge in [-0.05, 0) is 63.4 Å². The van der Waals surface area contributed by atoms with Crippen LogP contribution < -0.4 is 0 Å². The Morgan fingerprint density at radius 1 is 0.794 bits per heavy atom. The summed E-state index contributed by atoms with van der Waals surface area (Å²) in [6, 6.07) is 14.1. The number of esters is 2. The first-order valence-corrected chi connectivity index (χ1v) is 11.0. The van der Waals surface area contributed by atoms with E-state index in [1.54, 1.807) is 52.1 Å². The van der Waals surface area contributed by atoms with Crippen LogP contribution in [0.3, 0.4) is 0 Å². The van der Waals surface area contributed by atoms with Gasteiger partial charge in [0.05, 0.1) is 17.7 Å². The minimum atomic E-state index is -0.816. The van der Waals surface area contributed by atoms with E-state index in [4.69, 9.17) is 9.47 Å². The van der Waals surface area contributed by atoms with Crippen molar-refractivity contribution in [3.63, 3.8) is 0 Å². The van der Waals surface area contributed by atoms with E-state index in [2.05, 4.69) is 0 Å². The van der Waals surface area contributed by atoms with E-state index in [0.717, 1.165) is 5.39 Å². The lowest BCUT2D eigenvalue weighted by molar-refractivity contribution is 0.0330. The van der Waals surface area contributed by atoms with Crippen molar-refractivity contribution in [3.05, 3.63) is 89.0 Å². The zero-order chi connectivity index (χ0) is 24.6. The fourth-order valence-corrected chi connectivity index (χ4v) is 3.92. The van der Waals surface area contributed by atoms with Crippen LogP contribution in [0.25, 0.3) is 16.3 Å². The molecule has 4 aromatic rings. The molecular weight excluding hydrogens is 437 g/mol. The second-order valence-electron chi connectivity index (χ2n) is 8.46. The minimum Gasteiger partial charge on any atom is -0.459 e. The van der Waals surface area contributed by atoms with Gasteiger partial charge in [0.15, 0.2) is 0 Å². The maximum atomic E-state index is 13.7. The molecule has 0 aliphatic heterocycles. The van der Waals surface area contributed by atoms with Crippen molar-refractivity contribution in [2.45, 2.75) is 39.9 Å². The highest BCUT2D eigenvalue weighted by molar-refractivity contribution is 6.22. The standard InChI is InChI=1S/C27H24FNO5/c1-15(2)33-26(31)21-22(27(32)34-16(3)4)24(25(30)18-9-11-19(28)12-10-18)29-14-13-17-7-5-6-8-20(17)23(21)29/h5-16H,1-4H3. The molecule has 2 aromatic carbocycles. The smallest absolute Gasteiger partial charge is 0.341 e. The van der Waals surface area contributed by atoms with Crippen molar-refractivity contribution in [2.24, 2.45) is 0 Å². The summed E-state index contributed by atoms with van der Waals surface area (Å²) in [7, 11) is 0. The van der Waals surface area contributed by atoms with Crippen LogP contribution in [0.15, 0.2) is 60.8 Å². The zero-order valence-corrected chi connectivity index (χ0v) is 19.3. The van der Waals surface area contributed by atoms with E-state index >= 15 is 0 Å². The SMILES string of the molecule is CC(C)OC(=O)c1c(C(=O)OC(C)C)c2c3ccccc3ccn2c1C(=O)c1ccc(F)cc1. The second-order valence-corrected chi connectivity index (χ2v) is 8.46. The predicted molar refractivity (Wildman–Crippen MR) is 126 cm³/mol. The molecule has 4 rings (SSSR count). The van der Waals surface area contributed by atoms with E-state index in [1.165, 1.54) is 28.7 Å². The molecule has 7 heteroatoms. The molecule has 174 valence electrons. The van der Waals surface area contributed by atoms with E-state index in [0.29, 0.717) is 10.9 Å². The van der Waals surface area contributed by atoms with Crippen molar-refractivity contribution in [2.75, 3.05) is 0 Å². The maximum absolute atomic E-state index is 13.7. The van der Waals surface area contributed by atoms with Crippen LogP contribution in [0.5, 0.6) is 0 Å². The summed E-state index contributed by atoms with van der Waals surface area (Å²) in [4.78, 5) is 40.3. The lowest BCUT2D eigenvalue weighted by atomic mass is 10.0. The number of nitrogens with zero attached hydrogens (tertiary/aromatic N) is 1. The molecule has 0 bridgehead atoms. The highest BCUT2D eigenvalue weighted by Crippen LogP contribution is 2.33. The van der Waals surface area contributed by atoms with Crippen LogP contribution in [-0.2, 0) is 9.47 Å². The van der Waals surface area contributed by atoms with Gasteiger partial charge >= 0.3 is 11.9 Å². The quantitative estimate of drug-likeness (QED) is 0.276. The maximum Gasteiger partial charge on any atom is 0.341 e. The Kier molecular flexibility index (Phi) is 6.20. The van der Waals surface area contributed by atoms with E-state index in [1.807, 2.05) is 12.1 Å². The first kappa shape index (κ1) is 23.2. The monoisotopic (exact) mass is 461 g/mol. The molecule has 0 saturated heterocycles. The van der Waals surface area contributed by atoms with Crippen molar-refractivity contribution in [1.29, 1.82) is 0 Å². The lowest BCUT2D eigenvalue weighted by Gasteiger charge is -2.12. The van der Waals surface area contributed by atoms with Crippen LogP contribution in [0.1, 0.15) is 64.5 Å². The number of carbonyl (C=O) groups excluding carboxylic acids is 3. The zero-order valence-electron chi connectivity index (χ0n) is 19.3. The van der Waals surface area contributed by atoms with E-state index in [9.17, 15) is 18.8 Å². The molecule has 0 amide bonds. The fraction of sp³-hybridized carbons (Fsp3) is 0.222. The van der Waals surface area contributed by atoms with Gasteiger partial charge in [0.1, 0.15) is 22.6 Å². The highest BCUT2D eigenvalue weighted by Gasteiger charge is 2.35. The molecule has 0 spiro atoms. The Balaban J connectivity index is 2.13.